The molecule has 160 valence electrons. The number of aromatic nitrogens is 5. The topological polar surface area (TPSA) is 82.6 Å². The zero-order chi connectivity index (χ0) is 21.6. The summed E-state index contributed by atoms with van der Waals surface area (Å²) in [7, 11) is 0. The Labute approximate surface area is 181 Å². The molecule has 2 N–H and O–H groups in total. The predicted molar refractivity (Wildman–Crippen MR) is 115 cm³/mol. The van der Waals surface area contributed by atoms with Crippen molar-refractivity contribution in [3.8, 4) is 0 Å². The molecule has 0 amide bonds. The van der Waals surface area contributed by atoms with Gasteiger partial charge in [0.1, 0.15) is 11.8 Å². The van der Waals surface area contributed by atoms with Crippen LogP contribution in [-0.2, 0) is 6.54 Å². The van der Waals surface area contributed by atoms with Crippen LogP contribution in [0.3, 0.4) is 0 Å². The number of nitrogens with zero attached hydrogens (tertiary/aromatic N) is 5. The van der Waals surface area contributed by atoms with Crippen molar-refractivity contribution in [1.29, 1.82) is 0 Å². The molecule has 4 heterocycles. The SMILES string of the molecule is CC(Nc1ncnc2nc[nH]c12)c1cc2cccc(Cl)c2c(CN2CCC(F)(F)C2)n1. The van der Waals surface area contributed by atoms with E-state index in [-0.39, 0.29) is 19.0 Å². The second kappa shape index (κ2) is 7.65. The quantitative estimate of drug-likeness (QED) is 0.470. The summed E-state index contributed by atoms with van der Waals surface area (Å²) < 4.78 is 27.4. The van der Waals surface area contributed by atoms with Gasteiger partial charge >= 0.3 is 0 Å². The third kappa shape index (κ3) is 3.90. The van der Waals surface area contributed by atoms with E-state index in [4.69, 9.17) is 16.6 Å². The van der Waals surface area contributed by atoms with Crippen molar-refractivity contribution in [3.05, 3.63) is 53.3 Å². The van der Waals surface area contributed by atoms with Gasteiger partial charge in [-0.15, -0.1) is 0 Å². The van der Waals surface area contributed by atoms with Crippen molar-refractivity contribution in [1.82, 2.24) is 29.8 Å². The Morgan fingerprint density at radius 1 is 1.29 bits per heavy atom. The van der Waals surface area contributed by atoms with E-state index >= 15 is 0 Å². The van der Waals surface area contributed by atoms with Gasteiger partial charge in [-0.1, -0.05) is 23.7 Å². The smallest absolute Gasteiger partial charge is 0.261 e. The summed E-state index contributed by atoms with van der Waals surface area (Å²) in [6.07, 6.45) is 2.88. The molecule has 1 aromatic carbocycles. The van der Waals surface area contributed by atoms with E-state index in [1.54, 1.807) is 17.3 Å². The number of H-pyrrole nitrogens is 1. The van der Waals surface area contributed by atoms with Crippen molar-refractivity contribution < 1.29 is 8.78 Å². The number of likely N-dealkylation sites (tertiary alicyclic amines) is 1. The van der Waals surface area contributed by atoms with Crippen molar-refractivity contribution in [2.24, 2.45) is 0 Å². The van der Waals surface area contributed by atoms with Gasteiger partial charge in [0.15, 0.2) is 11.5 Å². The minimum atomic E-state index is -2.66. The molecule has 0 radical (unpaired) electrons. The Balaban J connectivity index is 1.50. The summed E-state index contributed by atoms with van der Waals surface area (Å²) in [5.74, 6) is -2.04. The standard InChI is InChI=1S/C21H20ClF2N7/c1-12(29-20-18-19(26-10-25-18)27-11-28-20)15-7-13-3-2-4-14(22)17(13)16(30-15)8-31-6-5-21(23,24)9-31/h2-4,7,10-12H,5-6,8-9H2,1H3,(H2,25,26,27,28,29). The molecule has 0 spiro atoms. The van der Waals surface area contributed by atoms with Crippen molar-refractivity contribution in [2.75, 3.05) is 18.4 Å². The molecule has 0 saturated carbocycles. The van der Waals surface area contributed by atoms with Crippen LogP contribution < -0.4 is 5.32 Å². The van der Waals surface area contributed by atoms with E-state index in [1.807, 2.05) is 25.1 Å². The van der Waals surface area contributed by atoms with Gasteiger partial charge in [0.25, 0.3) is 5.92 Å². The zero-order valence-electron chi connectivity index (χ0n) is 16.7. The van der Waals surface area contributed by atoms with Gasteiger partial charge < -0.3 is 10.3 Å². The minimum absolute atomic E-state index is 0.135. The number of aromatic amines is 1. The number of fused-ring (bicyclic) bond motifs is 2. The van der Waals surface area contributed by atoms with Crippen LogP contribution in [0.25, 0.3) is 21.9 Å². The molecule has 5 rings (SSSR count). The lowest BCUT2D eigenvalue weighted by Crippen LogP contribution is -2.25. The number of halogens is 3. The molecule has 31 heavy (non-hydrogen) atoms. The third-order valence-electron chi connectivity index (χ3n) is 5.54. The van der Waals surface area contributed by atoms with Crippen LogP contribution in [0.5, 0.6) is 0 Å². The molecule has 1 atom stereocenters. The first-order chi connectivity index (χ1) is 14.9. The summed E-state index contributed by atoms with van der Waals surface area (Å²) >= 11 is 6.47. The summed E-state index contributed by atoms with van der Waals surface area (Å²) in [5.41, 5.74) is 2.73. The lowest BCUT2D eigenvalue weighted by Gasteiger charge is -2.20. The highest BCUT2D eigenvalue weighted by atomic mass is 35.5. The van der Waals surface area contributed by atoms with Gasteiger partial charge in [0.2, 0.25) is 0 Å². The molecule has 4 aromatic rings. The van der Waals surface area contributed by atoms with Gasteiger partial charge in [-0.2, -0.15) is 0 Å². The second-order valence-electron chi connectivity index (χ2n) is 7.84. The van der Waals surface area contributed by atoms with E-state index in [1.165, 1.54) is 6.33 Å². The van der Waals surface area contributed by atoms with Crippen LogP contribution in [0, 0.1) is 0 Å². The van der Waals surface area contributed by atoms with E-state index < -0.39 is 5.92 Å². The number of nitrogens with one attached hydrogen (secondary N) is 2. The molecular formula is C21H20ClF2N7. The van der Waals surface area contributed by atoms with Crippen LogP contribution in [0.15, 0.2) is 36.9 Å². The Bertz CT molecular complexity index is 1260. The van der Waals surface area contributed by atoms with E-state index in [0.29, 0.717) is 40.8 Å². The molecule has 10 heteroatoms. The average Bonchev–Trinajstić information content (AvgIpc) is 3.34. The lowest BCUT2D eigenvalue weighted by atomic mass is 10.1. The zero-order valence-corrected chi connectivity index (χ0v) is 17.5. The highest BCUT2D eigenvalue weighted by Crippen LogP contribution is 2.33. The molecule has 1 aliphatic heterocycles. The largest absolute Gasteiger partial charge is 0.360 e. The minimum Gasteiger partial charge on any atom is -0.360 e. The van der Waals surface area contributed by atoms with Crippen molar-refractivity contribution in [2.45, 2.75) is 31.9 Å². The number of hydrogen-bond donors (Lipinski definition) is 2. The average molecular weight is 444 g/mol. The highest BCUT2D eigenvalue weighted by molar-refractivity contribution is 6.35. The molecule has 3 aromatic heterocycles. The van der Waals surface area contributed by atoms with Crippen LogP contribution in [-0.4, -0.2) is 48.8 Å². The van der Waals surface area contributed by atoms with Gasteiger partial charge in [-0.3, -0.25) is 9.88 Å². The first-order valence-electron chi connectivity index (χ1n) is 9.98. The number of imidazole rings is 1. The van der Waals surface area contributed by atoms with Crippen LogP contribution >= 0.6 is 11.6 Å². The second-order valence-corrected chi connectivity index (χ2v) is 8.25. The fourth-order valence-electron chi connectivity index (χ4n) is 4.01. The Hall–Kier alpha value is -2.91. The summed E-state index contributed by atoms with van der Waals surface area (Å²) in [5, 5.41) is 5.63. The molecule has 1 aliphatic rings. The summed E-state index contributed by atoms with van der Waals surface area (Å²) in [4.78, 5) is 22.2. The summed E-state index contributed by atoms with van der Waals surface area (Å²) in [6.45, 7) is 2.35. The number of pyridine rings is 1. The number of benzene rings is 1. The number of rotatable bonds is 5. The summed E-state index contributed by atoms with van der Waals surface area (Å²) in [6, 6.07) is 7.39. The molecule has 0 aliphatic carbocycles. The maximum absolute atomic E-state index is 13.7. The van der Waals surface area contributed by atoms with E-state index in [9.17, 15) is 8.78 Å². The molecular weight excluding hydrogens is 424 g/mol. The van der Waals surface area contributed by atoms with Crippen LogP contribution in [0.4, 0.5) is 14.6 Å². The monoisotopic (exact) mass is 443 g/mol. The van der Waals surface area contributed by atoms with Gasteiger partial charge in [0, 0.05) is 24.9 Å². The Kier molecular flexibility index (Phi) is 4.94. The molecule has 7 nitrogen and oxygen atoms in total. The maximum Gasteiger partial charge on any atom is 0.261 e. The lowest BCUT2D eigenvalue weighted by molar-refractivity contribution is 0.0114. The molecule has 1 saturated heterocycles. The van der Waals surface area contributed by atoms with E-state index in [0.717, 1.165) is 16.5 Å². The molecule has 0 bridgehead atoms. The van der Waals surface area contributed by atoms with Gasteiger partial charge in [-0.05, 0) is 24.4 Å². The van der Waals surface area contributed by atoms with Crippen molar-refractivity contribution in [3.63, 3.8) is 0 Å². The Morgan fingerprint density at radius 2 is 2.16 bits per heavy atom. The van der Waals surface area contributed by atoms with Gasteiger partial charge in [0.05, 0.1) is 35.3 Å². The van der Waals surface area contributed by atoms with E-state index in [2.05, 4.69) is 25.3 Å². The van der Waals surface area contributed by atoms with Crippen LogP contribution in [0.1, 0.15) is 30.8 Å². The molecule has 1 fully saturated rings. The highest BCUT2D eigenvalue weighted by Gasteiger charge is 2.38. The Morgan fingerprint density at radius 3 is 2.97 bits per heavy atom. The van der Waals surface area contributed by atoms with Crippen LogP contribution in [0.2, 0.25) is 5.02 Å². The van der Waals surface area contributed by atoms with Gasteiger partial charge in [-0.25, -0.2) is 23.7 Å². The maximum atomic E-state index is 13.7. The first-order valence-corrected chi connectivity index (χ1v) is 10.4. The fourth-order valence-corrected chi connectivity index (χ4v) is 4.30. The normalized spacial score (nSPS) is 17.4. The fraction of sp³-hybridized carbons (Fsp3) is 0.333. The number of hydrogen-bond acceptors (Lipinski definition) is 6. The first kappa shape index (κ1) is 20.0. The third-order valence-corrected chi connectivity index (χ3v) is 5.86. The van der Waals surface area contributed by atoms with Crippen molar-refractivity contribution >= 4 is 39.4 Å². The number of alkyl halides is 2. The number of anilines is 1. The predicted octanol–water partition coefficient (Wildman–Crippen LogP) is 4.57. The molecule has 1 unspecified atom stereocenters.